The molecule has 2 heterocycles. The lowest BCUT2D eigenvalue weighted by atomic mass is 9.90. The summed E-state index contributed by atoms with van der Waals surface area (Å²) in [6.07, 6.45) is 6.76. The fourth-order valence-corrected chi connectivity index (χ4v) is 4.42. The largest absolute Gasteiger partial charge is 0.490 e. The average molecular weight is 386 g/mol. The Balaban J connectivity index is 1.61. The van der Waals surface area contributed by atoms with Crippen molar-refractivity contribution in [3.8, 4) is 5.75 Å². The zero-order valence-electron chi connectivity index (χ0n) is 16.5. The van der Waals surface area contributed by atoms with E-state index in [1.807, 2.05) is 14.0 Å². The minimum Gasteiger partial charge on any atom is -0.490 e. The molecule has 1 aromatic rings. The smallest absolute Gasteiger partial charge is 0.230 e. The van der Waals surface area contributed by atoms with Crippen LogP contribution in [0.4, 0.5) is 10.1 Å². The molecule has 2 fully saturated rings. The third-order valence-corrected chi connectivity index (χ3v) is 6.46. The van der Waals surface area contributed by atoms with Gasteiger partial charge in [-0.15, -0.1) is 0 Å². The summed E-state index contributed by atoms with van der Waals surface area (Å²) in [5, 5.41) is 10.2. The Morgan fingerprint density at radius 2 is 2.04 bits per heavy atom. The molecule has 0 aromatic heterocycles. The van der Waals surface area contributed by atoms with Crippen LogP contribution in [0.2, 0.25) is 0 Å². The van der Waals surface area contributed by atoms with E-state index in [0.717, 1.165) is 55.4 Å². The molecule has 2 atom stereocenters. The Bertz CT molecular complexity index is 834. The second-order valence-corrected chi connectivity index (χ2v) is 8.71. The van der Waals surface area contributed by atoms with Crippen LogP contribution in [-0.2, 0) is 11.2 Å². The van der Waals surface area contributed by atoms with Crippen molar-refractivity contribution in [2.75, 3.05) is 18.5 Å². The number of ether oxygens (including phenoxy) is 1. The van der Waals surface area contributed by atoms with Crippen molar-refractivity contribution in [1.82, 2.24) is 5.01 Å². The number of fused-ring (bicyclic) bond motifs is 1. The molecule has 1 aromatic carbocycles. The van der Waals surface area contributed by atoms with E-state index in [4.69, 9.17) is 4.74 Å². The second-order valence-electron chi connectivity index (χ2n) is 8.71. The highest BCUT2D eigenvalue weighted by atomic mass is 19.1. The number of anilines is 1. The van der Waals surface area contributed by atoms with Gasteiger partial charge in [-0.05, 0) is 57.9 Å². The summed E-state index contributed by atoms with van der Waals surface area (Å²) in [5.74, 6) is 0.535. The highest BCUT2D eigenvalue weighted by Crippen LogP contribution is 2.47. The first-order chi connectivity index (χ1) is 13.5. The Morgan fingerprint density at radius 1 is 1.25 bits per heavy atom. The number of benzene rings is 1. The average Bonchev–Trinajstić information content (AvgIpc) is 3.40. The fraction of sp³-hybridized carbons (Fsp3) is 0.667. The third kappa shape index (κ3) is 2.95. The molecule has 5 rings (SSSR count). The van der Waals surface area contributed by atoms with Crippen molar-refractivity contribution in [1.29, 1.82) is 0 Å². The molecule has 150 valence electrons. The van der Waals surface area contributed by atoms with Gasteiger partial charge in [-0.3, -0.25) is 9.80 Å². The van der Waals surface area contributed by atoms with Gasteiger partial charge in [-0.1, -0.05) is 5.22 Å². The molecule has 1 amide bonds. The number of hydrogen-bond acceptors (Lipinski definition) is 5. The number of carbonyl (C=O) groups excluding carboxylic acids is 1. The van der Waals surface area contributed by atoms with Crippen molar-refractivity contribution >= 4 is 11.6 Å². The molecule has 6 nitrogen and oxygen atoms in total. The van der Waals surface area contributed by atoms with Gasteiger partial charge in [0.1, 0.15) is 17.6 Å². The summed E-state index contributed by atoms with van der Waals surface area (Å²) in [6, 6.07) is 1.32. The van der Waals surface area contributed by atoms with Crippen LogP contribution in [0, 0.1) is 11.7 Å². The normalized spacial score (nSPS) is 27.0. The zero-order valence-corrected chi connectivity index (χ0v) is 16.5. The predicted octanol–water partition coefficient (Wildman–Crippen LogP) is 4.19. The van der Waals surface area contributed by atoms with Gasteiger partial charge in [0.05, 0.1) is 18.3 Å². The lowest BCUT2D eigenvalue weighted by Crippen LogP contribution is -2.44. The maximum Gasteiger partial charge on any atom is 0.230 e. The molecule has 28 heavy (non-hydrogen) atoms. The molecule has 2 aliphatic heterocycles. The molecule has 0 N–H and O–H groups in total. The summed E-state index contributed by atoms with van der Waals surface area (Å²) in [7, 11) is 1.86. The van der Waals surface area contributed by atoms with Gasteiger partial charge in [0.25, 0.3) is 0 Å². The highest BCUT2D eigenvalue weighted by molar-refractivity contribution is 5.98. The van der Waals surface area contributed by atoms with Crippen LogP contribution >= 0.6 is 0 Å². The Morgan fingerprint density at radius 3 is 2.64 bits per heavy atom. The molecular formula is C21H27FN4O2. The SMILES string of the molecule is CC1CCc2c(OC3CCC3)c(C3CN(C)N=N3)cc(F)c2N1C(=O)C1CC1. The quantitative estimate of drug-likeness (QED) is 0.780. The highest BCUT2D eigenvalue weighted by Gasteiger charge is 2.41. The van der Waals surface area contributed by atoms with E-state index in [2.05, 4.69) is 10.3 Å². The van der Waals surface area contributed by atoms with Gasteiger partial charge in [0, 0.05) is 30.1 Å². The summed E-state index contributed by atoms with van der Waals surface area (Å²) >= 11 is 0. The van der Waals surface area contributed by atoms with Crippen molar-refractivity contribution < 1.29 is 13.9 Å². The number of carbonyl (C=O) groups is 1. The van der Waals surface area contributed by atoms with E-state index in [-0.39, 0.29) is 35.8 Å². The van der Waals surface area contributed by atoms with Gasteiger partial charge in [-0.25, -0.2) is 4.39 Å². The van der Waals surface area contributed by atoms with Crippen molar-refractivity contribution in [2.24, 2.45) is 16.3 Å². The zero-order chi connectivity index (χ0) is 19.4. The first-order valence-corrected chi connectivity index (χ1v) is 10.5. The molecule has 0 saturated heterocycles. The van der Waals surface area contributed by atoms with Gasteiger partial charge < -0.3 is 9.64 Å². The lowest BCUT2D eigenvalue weighted by Gasteiger charge is -2.38. The molecule has 2 unspecified atom stereocenters. The minimum absolute atomic E-state index is 0.00908. The lowest BCUT2D eigenvalue weighted by molar-refractivity contribution is -0.120. The number of halogens is 1. The first kappa shape index (κ1) is 17.9. The van der Waals surface area contributed by atoms with Crippen molar-refractivity contribution in [3.05, 3.63) is 23.0 Å². The number of amides is 1. The Hall–Kier alpha value is -2.18. The number of rotatable bonds is 4. The van der Waals surface area contributed by atoms with E-state index < -0.39 is 0 Å². The van der Waals surface area contributed by atoms with Crippen LogP contribution in [0.1, 0.15) is 62.6 Å². The van der Waals surface area contributed by atoms with Crippen LogP contribution in [0.3, 0.4) is 0 Å². The van der Waals surface area contributed by atoms with Gasteiger partial charge in [0.15, 0.2) is 0 Å². The maximum absolute atomic E-state index is 15.4. The molecule has 7 heteroatoms. The van der Waals surface area contributed by atoms with Crippen LogP contribution in [-0.4, -0.2) is 36.7 Å². The van der Waals surface area contributed by atoms with Crippen molar-refractivity contribution in [3.63, 3.8) is 0 Å². The van der Waals surface area contributed by atoms with E-state index in [1.165, 1.54) is 6.42 Å². The predicted molar refractivity (Wildman–Crippen MR) is 103 cm³/mol. The molecule has 2 aliphatic carbocycles. The van der Waals surface area contributed by atoms with E-state index in [9.17, 15) is 4.79 Å². The van der Waals surface area contributed by atoms with Crippen LogP contribution in [0.5, 0.6) is 5.75 Å². The first-order valence-electron chi connectivity index (χ1n) is 10.5. The summed E-state index contributed by atoms with van der Waals surface area (Å²) < 4.78 is 21.8. The molecular weight excluding hydrogens is 359 g/mol. The van der Waals surface area contributed by atoms with Crippen LogP contribution in [0.15, 0.2) is 16.4 Å². The Labute approximate surface area is 164 Å². The molecule has 2 saturated carbocycles. The van der Waals surface area contributed by atoms with E-state index >= 15 is 4.39 Å². The van der Waals surface area contributed by atoms with Crippen LogP contribution < -0.4 is 9.64 Å². The van der Waals surface area contributed by atoms with Crippen LogP contribution in [0.25, 0.3) is 0 Å². The fourth-order valence-electron chi connectivity index (χ4n) is 4.42. The monoisotopic (exact) mass is 386 g/mol. The summed E-state index contributed by atoms with van der Waals surface area (Å²) in [4.78, 5) is 14.7. The topological polar surface area (TPSA) is 57.5 Å². The number of likely N-dealkylation sites (N-methyl/N-ethyl adjacent to an activating group) is 1. The van der Waals surface area contributed by atoms with Gasteiger partial charge in [0.2, 0.25) is 5.91 Å². The van der Waals surface area contributed by atoms with Gasteiger partial charge in [-0.2, -0.15) is 5.11 Å². The number of nitrogens with zero attached hydrogens (tertiary/aromatic N) is 4. The second kappa shape index (κ2) is 6.71. The van der Waals surface area contributed by atoms with E-state index in [1.54, 1.807) is 16.0 Å². The minimum atomic E-state index is -0.337. The molecule has 0 spiro atoms. The summed E-state index contributed by atoms with van der Waals surface area (Å²) in [5.41, 5.74) is 2.06. The summed E-state index contributed by atoms with van der Waals surface area (Å²) in [6.45, 7) is 2.63. The van der Waals surface area contributed by atoms with Crippen molar-refractivity contribution in [2.45, 2.75) is 70.1 Å². The third-order valence-electron chi connectivity index (χ3n) is 6.46. The molecule has 0 bridgehead atoms. The molecule has 0 radical (unpaired) electrons. The molecule has 4 aliphatic rings. The number of hydrogen-bond donors (Lipinski definition) is 0. The maximum atomic E-state index is 15.4. The van der Waals surface area contributed by atoms with E-state index in [0.29, 0.717) is 12.2 Å². The standard InChI is InChI=1S/C21H27FN4O2/c1-12-6-9-15-19(26(12)21(27)13-7-8-13)17(22)10-16(18-11-25(2)24-23-18)20(15)28-14-4-3-5-14/h10,12-14,18H,3-9,11H2,1-2H3. The van der Waals surface area contributed by atoms with Gasteiger partial charge >= 0.3 is 0 Å². The Kier molecular flexibility index (Phi) is 4.29.